The van der Waals surface area contributed by atoms with Crippen LogP contribution >= 0.6 is 0 Å². The Labute approximate surface area is 91.9 Å². The highest BCUT2D eigenvalue weighted by Gasteiger charge is 2.19. The fourth-order valence-corrected chi connectivity index (χ4v) is 2.48. The van der Waals surface area contributed by atoms with Crippen molar-refractivity contribution in [2.45, 2.75) is 45.1 Å². The number of nitrogens with one attached hydrogen (secondary N) is 1. The van der Waals surface area contributed by atoms with Crippen molar-refractivity contribution >= 4 is 0 Å². The molecule has 2 rings (SSSR count). The zero-order valence-corrected chi connectivity index (χ0v) is 9.79. The molecule has 0 aromatic carbocycles. The van der Waals surface area contributed by atoms with Crippen molar-refractivity contribution in [1.82, 2.24) is 15.1 Å². The Balaban J connectivity index is 2.08. The molecule has 0 saturated heterocycles. The van der Waals surface area contributed by atoms with Crippen molar-refractivity contribution in [2.75, 3.05) is 13.6 Å². The molecule has 1 aliphatic carbocycles. The van der Waals surface area contributed by atoms with Crippen molar-refractivity contribution < 1.29 is 0 Å². The van der Waals surface area contributed by atoms with Gasteiger partial charge in [-0.25, -0.2) is 0 Å². The summed E-state index contributed by atoms with van der Waals surface area (Å²) in [5.74, 6) is 0. The minimum absolute atomic E-state index is 0.674. The number of hydrogen-bond donors (Lipinski definition) is 1. The standard InChI is InChI=1S/C12H21N3/c1-10-11(7-8-13-2)9-14-15(10)12-5-3-4-6-12/h9,12-13H,3-8H2,1-2H3. The van der Waals surface area contributed by atoms with Crippen LogP contribution in [0.3, 0.4) is 0 Å². The maximum Gasteiger partial charge on any atom is 0.0525 e. The number of hydrogen-bond acceptors (Lipinski definition) is 2. The van der Waals surface area contributed by atoms with Gasteiger partial charge < -0.3 is 5.32 Å². The minimum atomic E-state index is 0.674. The summed E-state index contributed by atoms with van der Waals surface area (Å²) in [4.78, 5) is 0. The van der Waals surface area contributed by atoms with Crippen LogP contribution in [0, 0.1) is 6.92 Å². The molecule has 15 heavy (non-hydrogen) atoms. The lowest BCUT2D eigenvalue weighted by Crippen LogP contribution is -2.12. The Kier molecular flexibility index (Phi) is 3.41. The lowest BCUT2D eigenvalue weighted by molar-refractivity contribution is 0.456. The Morgan fingerprint density at radius 1 is 1.47 bits per heavy atom. The number of aromatic nitrogens is 2. The second-order valence-corrected chi connectivity index (χ2v) is 4.49. The Morgan fingerprint density at radius 3 is 2.87 bits per heavy atom. The highest BCUT2D eigenvalue weighted by molar-refractivity contribution is 5.17. The summed E-state index contributed by atoms with van der Waals surface area (Å²) in [6.07, 6.45) is 8.51. The molecule has 0 atom stereocenters. The van der Waals surface area contributed by atoms with Crippen molar-refractivity contribution in [2.24, 2.45) is 0 Å². The van der Waals surface area contributed by atoms with Gasteiger partial charge >= 0.3 is 0 Å². The zero-order valence-electron chi connectivity index (χ0n) is 9.79. The molecule has 0 spiro atoms. The highest BCUT2D eigenvalue weighted by Crippen LogP contribution is 2.30. The molecule has 0 radical (unpaired) electrons. The van der Waals surface area contributed by atoms with E-state index >= 15 is 0 Å². The molecule has 0 amide bonds. The monoisotopic (exact) mass is 207 g/mol. The third-order valence-corrected chi connectivity index (χ3v) is 3.46. The van der Waals surface area contributed by atoms with E-state index in [1.165, 1.54) is 36.9 Å². The fourth-order valence-electron chi connectivity index (χ4n) is 2.48. The molecular formula is C12H21N3. The third-order valence-electron chi connectivity index (χ3n) is 3.46. The third kappa shape index (κ3) is 2.23. The number of likely N-dealkylation sites (N-methyl/N-ethyl adjacent to an activating group) is 1. The van der Waals surface area contributed by atoms with Crippen LogP contribution < -0.4 is 5.32 Å². The molecule has 0 unspecified atom stereocenters. The summed E-state index contributed by atoms with van der Waals surface area (Å²) < 4.78 is 2.25. The number of rotatable bonds is 4. The van der Waals surface area contributed by atoms with Gasteiger partial charge in [-0.15, -0.1) is 0 Å². The molecule has 1 fully saturated rings. The average molecular weight is 207 g/mol. The molecule has 3 heteroatoms. The molecule has 1 saturated carbocycles. The van der Waals surface area contributed by atoms with Gasteiger partial charge in [0.05, 0.1) is 12.2 Å². The van der Waals surface area contributed by atoms with E-state index in [0.717, 1.165) is 13.0 Å². The molecular weight excluding hydrogens is 186 g/mol. The topological polar surface area (TPSA) is 29.9 Å². The number of nitrogens with zero attached hydrogens (tertiary/aromatic N) is 2. The molecule has 1 aromatic rings. The molecule has 0 aliphatic heterocycles. The van der Waals surface area contributed by atoms with Crippen LogP contribution in [0.5, 0.6) is 0 Å². The van der Waals surface area contributed by atoms with Crippen molar-refractivity contribution in [1.29, 1.82) is 0 Å². The summed E-state index contributed by atoms with van der Waals surface area (Å²) in [6.45, 7) is 3.24. The van der Waals surface area contributed by atoms with Crippen LogP contribution in [0.4, 0.5) is 0 Å². The summed E-state index contributed by atoms with van der Waals surface area (Å²) in [5, 5.41) is 7.72. The minimum Gasteiger partial charge on any atom is -0.319 e. The van der Waals surface area contributed by atoms with E-state index < -0.39 is 0 Å². The predicted molar refractivity (Wildman–Crippen MR) is 62.1 cm³/mol. The largest absolute Gasteiger partial charge is 0.319 e. The quantitative estimate of drug-likeness (QED) is 0.819. The summed E-state index contributed by atoms with van der Waals surface area (Å²) in [6, 6.07) is 0.674. The van der Waals surface area contributed by atoms with E-state index in [9.17, 15) is 0 Å². The second-order valence-electron chi connectivity index (χ2n) is 4.49. The fraction of sp³-hybridized carbons (Fsp3) is 0.750. The zero-order chi connectivity index (χ0) is 10.7. The van der Waals surface area contributed by atoms with E-state index in [4.69, 9.17) is 0 Å². The van der Waals surface area contributed by atoms with Gasteiger partial charge in [0, 0.05) is 5.69 Å². The molecule has 3 nitrogen and oxygen atoms in total. The molecule has 1 N–H and O–H groups in total. The first-order valence-electron chi connectivity index (χ1n) is 6.00. The predicted octanol–water partition coefficient (Wildman–Crippen LogP) is 2.07. The summed E-state index contributed by atoms with van der Waals surface area (Å²) >= 11 is 0. The van der Waals surface area contributed by atoms with Gasteiger partial charge in [0.2, 0.25) is 0 Å². The lowest BCUT2D eigenvalue weighted by atomic mass is 10.2. The van der Waals surface area contributed by atoms with Crippen LogP contribution in [0.25, 0.3) is 0 Å². The van der Waals surface area contributed by atoms with Gasteiger partial charge in [0.25, 0.3) is 0 Å². The maximum absolute atomic E-state index is 4.54. The first-order chi connectivity index (χ1) is 7.33. The highest BCUT2D eigenvalue weighted by atomic mass is 15.3. The van der Waals surface area contributed by atoms with Crippen molar-refractivity contribution in [3.8, 4) is 0 Å². The van der Waals surface area contributed by atoms with Crippen LogP contribution in [-0.4, -0.2) is 23.4 Å². The average Bonchev–Trinajstić information content (AvgIpc) is 2.84. The first kappa shape index (κ1) is 10.7. The van der Waals surface area contributed by atoms with Crippen LogP contribution in [0.15, 0.2) is 6.20 Å². The van der Waals surface area contributed by atoms with Crippen LogP contribution in [0.1, 0.15) is 43.0 Å². The van der Waals surface area contributed by atoms with Gasteiger partial charge in [0.15, 0.2) is 0 Å². The molecule has 1 aromatic heterocycles. The SMILES string of the molecule is CNCCc1cnn(C2CCCC2)c1C. The van der Waals surface area contributed by atoms with Gasteiger partial charge in [-0.2, -0.15) is 5.10 Å². The Morgan fingerprint density at radius 2 is 2.20 bits per heavy atom. The lowest BCUT2D eigenvalue weighted by Gasteiger charge is -2.12. The van der Waals surface area contributed by atoms with E-state index in [-0.39, 0.29) is 0 Å². The van der Waals surface area contributed by atoms with Gasteiger partial charge in [0.1, 0.15) is 0 Å². The molecule has 1 aliphatic rings. The van der Waals surface area contributed by atoms with Gasteiger partial charge in [-0.1, -0.05) is 12.8 Å². The summed E-state index contributed by atoms with van der Waals surface area (Å²) in [5.41, 5.74) is 2.77. The van der Waals surface area contributed by atoms with Crippen molar-refractivity contribution in [3.63, 3.8) is 0 Å². The molecule has 84 valence electrons. The Bertz CT molecular complexity index is 311. The Hall–Kier alpha value is -0.830. The molecule has 1 heterocycles. The smallest absolute Gasteiger partial charge is 0.0525 e. The maximum atomic E-state index is 4.54. The van der Waals surface area contributed by atoms with Gasteiger partial charge in [-0.3, -0.25) is 4.68 Å². The van der Waals surface area contributed by atoms with Crippen LogP contribution in [0.2, 0.25) is 0 Å². The van der Waals surface area contributed by atoms with E-state index in [1.54, 1.807) is 0 Å². The van der Waals surface area contributed by atoms with Crippen molar-refractivity contribution in [3.05, 3.63) is 17.5 Å². The van der Waals surface area contributed by atoms with E-state index in [2.05, 4.69) is 22.0 Å². The van der Waals surface area contributed by atoms with Gasteiger partial charge in [-0.05, 0) is 45.3 Å². The molecule has 0 bridgehead atoms. The second kappa shape index (κ2) is 4.79. The normalized spacial score (nSPS) is 17.5. The van der Waals surface area contributed by atoms with E-state index in [1.807, 2.05) is 13.2 Å². The van der Waals surface area contributed by atoms with E-state index in [0.29, 0.717) is 6.04 Å². The summed E-state index contributed by atoms with van der Waals surface area (Å²) in [7, 11) is 2.00. The van der Waals surface area contributed by atoms with Crippen LogP contribution in [-0.2, 0) is 6.42 Å². The first-order valence-corrected chi connectivity index (χ1v) is 6.00.